The van der Waals surface area contributed by atoms with Gasteiger partial charge in [0.2, 0.25) is 0 Å². The summed E-state index contributed by atoms with van der Waals surface area (Å²) < 4.78 is 0. The summed E-state index contributed by atoms with van der Waals surface area (Å²) in [5, 5.41) is 2.48. The molecule has 0 aliphatic heterocycles. The quantitative estimate of drug-likeness (QED) is 0.680. The Morgan fingerprint density at radius 3 is 2.07 bits per heavy atom. The lowest BCUT2D eigenvalue weighted by atomic mass is 10.2. The van der Waals surface area contributed by atoms with Crippen molar-refractivity contribution in [2.75, 3.05) is 12.5 Å². The molecular formula is C13H18S. The van der Waals surface area contributed by atoms with Crippen LogP contribution in [0, 0.1) is 0 Å². The van der Waals surface area contributed by atoms with Crippen molar-refractivity contribution in [2.24, 2.45) is 0 Å². The molecule has 0 atom stereocenters. The Morgan fingerprint density at radius 1 is 1.14 bits per heavy atom. The zero-order valence-electron chi connectivity index (χ0n) is 9.16. The van der Waals surface area contributed by atoms with Crippen LogP contribution in [0.15, 0.2) is 36.9 Å². The number of hydrogen-bond acceptors (Lipinski definition) is 1. The predicted octanol–water partition coefficient (Wildman–Crippen LogP) is 2.43. The van der Waals surface area contributed by atoms with Crippen molar-refractivity contribution >= 4 is 23.9 Å². The minimum Gasteiger partial charge on any atom is -0.169 e. The summed E-state index contributed by atoms with van der Waals surface area (Å²) >= 11 is 1.75. The van der Waals surface area contributed by atoms with Gasteiger partial charge < -0.3 is 0 Å². The Hall–Kier alpha value is -0.950. The molecule has 0 radical (unpaired) electrons. The van der Waals surface area contributed by atoms with Gasteiger partial charge in [0.25, 0.3) is 0 Å². The second kappa shape index (κ2) is 8.64. The van der Waals surface area contributed by atoms with Crippen LogP contribution in [0.5, 0.6) is 0 Å². The van der Waals surface area contributed by atoms with Crippen molar-refractivity contribution in [1.29, 1.82) is 0 Å². The third kappa shape index (κ3) is 4.93. The first kappa shape index (κ1) is 13.1. The van der Waals surface area contributed by atoms with E-state index in [0.717, 1.165) is 0 Å². The Bertz CT molecular complexity index is 363. The fourth-order valence-electron chi connectivity index (χ4n) is 1.05. The molecule has 1 aromatic rings. The molecule has 0 saturated carbocycles. The molecule has 0 saturated heterocycles. The lowest BCUT2D eigenvalue weighted by molar-refractivity contribution is 1.51. The van der Waals surface area contributed by atoms with Crippen molar-refractivity contribution in [2.45, 2.75) is 6.92 Å². The highest BCUT2D eigenvalue weighted by atomic mass is 32.2. The van der Waals surface area contributed by atoms with Crippen molar-refractivity contribution in [3.63, 3.8) is 0 Å². The van der Waals surface area contributed by atoms with Gasteiger partial charge >= 0.3 is 0 Å². The van der Waals surface area contributed by atoms with Gasteiger partial charge in [0.1, 0.15) is 0 Å². The maximum atomic E-state index is 3.66. The van der Waals surface area contributed by atoms with Crippen LogP contribution in [-0.2, 0) is 0 Å². The minimum absolute atomic E-state index is 1.23. The second-order valence-electron chi connectivity index (χ2n) is 2.73. The molecular weight excluding hydrogens is 188 g/mol. The predicted molar refractivity (Wildman–Crippen MR) is 69.9 cm³/mol. The van der Waals surface area contributed by atoms with Crippen molar-refractivity contribution in [1.82, 2.24) is 0 Å². The first-order valence-electron chi connectivity index (χ1n) is 4.54. The van der Waals surface area contributed by atoms with E-state index in [-0.39, 0.29) is 0 Å². The zero-order valence-corrected chi connectivity index (χ0v) is 9.97. The third-order valence-corrected chi connectivity index (χ3v) is 1.60. The fourth-order valence-corrected chi connectivity index (χ4v) is 1.05. The monoisotopic (exact) mass is 206 g/mol. The SMILES string of the molecule is C=C/C=c1/cccc/c1=C/C.CSC. The normalized spacial score (nSPS) is 11.9. The minimum atomic E-state index is 1.23. The van der Waals surface area contributed by atoms with E-state index in [2.05, 4.69) is 24.8 Å². The Kier molecular flexibility index (Phi) is 8.05. The van der Waals surface area contributed by atoms with E-state index in [1.165, 1.54) is 10.4 Å². The van der Waals surface area contributed by atoms with Crippen molar-refractivity contribution in [3.8, 4) is 0 Å². The fraction of sp³-hybridized carbons (Fsp3) is 0.231. The van der Waals surface area contributed by atoms with Gasteiger partial charge in [-0.1, -0.05) is 49.1 Å². The van der Waals surface area contributed by atoms with Gasteiger partial charge in [-0.05, 0) is 29.9 Å². The molecule has 14 heavy (non-hydrogen) atoms. The standard InChI is InChI=1S/C11H12.C2H6S/c1-3-7-11-9-6-5-8-10(11)4-2;1-3-2/h3-9H,1H2,2H3;1-2H3/b10-4-,11-7-;. The molecule has 0 fully saturated rings. The number of thioether (sulfide) groups is 1. The number of benzene rings is 1. The van der Waals surface area contributed by atoms with Gasteiger partial charge in [0.15, 0.2) is 0 Å². The maximum Gasteiger partial charge on any atom is -0.0187 e. The summed E-state index contributed by atoms with van der Waals surface area (Å²) in [6.45, 7) is 5.70. The van der Waals surface area contributed by atoms with Gasteiger partial charge in [-0.2, -0.15) is 11.8 Å². The molecule has 0 bridgehead atoms. The van der Waals surface area contributed by atoms with Crippen molar-refractivity contribution < 1.29 is 0 Å². The smallest absolute Gasteiger partial charge is 0.0187 e. The van der Waals surface area contributed by atoms with Gasteiger partial charge in [0, 0.05) is 0 Å². The van der Waals surface area contributed by atoms with Crippen LogP contribution in [-0.4, -0.2) is 12.5 Å². The summed E-state index contributed by atoms with van der Waals surface area (Å²) in [6.07, 6.45) is 9.99. The second-order valence-corrected chi connectivity index (χ2v) is 3.54. The molecule has 1 heteroatoms. The molecule has 0 N–H and O–H groups in total. The highest BCUT2D eigenvalue weighted by Crippen LogP contribution is 1.72. The van der Waals surface area contributed by atoms with Gasteiger partial charge in [0.05, 0.1) is 0 Å². The Labute approximate surface area is 91.0 Å². The Morgan fingerprint density at radius 2 is 1.64 bits per heavy atom. The van der Waals surface area contributed by atoms with Crippen LogP contribution in [0.1, 0.15) is 6.92 Å². The van der Waals surface area contributed by atoms with Crippen LogP contribution in [0.25, 0.3) is 12.2 Å². The molecule has 0 nitrogen and oxygen atoms in total. The molecule has 0 aliphatic rings. The molecule has 0 heterocycles. The van der Waals surface area contributed by atoms with Crippen molar-refractivity contribution in [3.05, 3.63) is 47.4 Å². The maximum absolute atomic E-state index is 3.66. The molecule has 0 spiro atoms. The van der Waals surface area contributed by atoms with Gasteiger partial charge in [-0.15, -0.1) is 0 Å². The van der Waals surface area contributed by atoms with E-state index in [4.69, 9.17) is 0 Å². The molecule has 1 aromatic carbocycles. The Balaban J connectivity index is 0.000000500. The summed E-state index contributed by atoms with van der Waals surface area (Å²) in [5.41, 5.74) is 0. The van der Waals surface area contributed by atoms with E-state index >= 15 is 0 Å². The zero-order chi connectivity index (χ0) is 10.8. The van der Waals surface area contributed by atoms with Crippen LogP contribution >= 0.6 is 11.8 Å². The van der Waals surface area contributed by atoms with Gasteiger partial charge in [-0.3, -0.25) is 0 Å². The van der Waals surface area contributed by atoms with E-state index in [1.54, 1.807) is 11.8 Å². The van der Waals surface area contributed by atoms with Crippen LogP contribution in [0.3, 0.4) is 0 Å². The third-order valence-electron chi connectivity index (χ3n) is 1.60. The summed E-state index contributed by atoms with van der Waals surface area (Å²) in [4.78, 5) is 0. The average molecular weight is 206 g/mol. The average Bonchev–Trinajstić information content (AvgIpc) is 2.20. The number of hydrogen-bond donors (Lipinski definition) is 0. The molecule has 76 valence electrons. The highest BCUT2D eigenvalue weighted by Gasteiger charge is 1.78. The summed E-state index contributed by atoms with van der Waals surface area (Å²) in [6, 6.07) is 8.24. The lowest BCUT2D eigenvalue weighted by Gasteiger charge is -1.86. The first-order valence-corrected chi connectivity index (χ1v) is 6.17. The summed E-state index contributed by atoms with van der Waals surface area (Å²) in [7, 11) is 0. The highest BCUT2D eigenvalue weighted by molar-refractivity contribution is 7.97. The largest absolute Gasteiger partial charge is 0.169 e. The first-order chi connectivity index (χ1) is 6.79. The van der Waals surface area contributed by atoms with Gasteiger partial charge in [-0.25, -0.2) is 0 Å². The lowest BCUT2D eigenvalue weighted by Crippen LogP contribution is -2.22. The van der Waals surface area contributed by atoms with Crippen LogP contribution < -0.4 is 10.4 Å². The molecule has 0 aliphatic carbocycles. The molecule has 1 rings (SSSR count). The van der Waals surface area contributed by atoms with Crippen LogP contribution in [0.2, 0.25) is 0 Å². The molecule has 0 amide bonds. The van der Waals surface area contributed by atoms with Crippen LogP contribution in [0.4, 0.5) is 0 Å². The number of rotatable bonds is 1. The van der Waals surface area contributed by atoms with E-state index in [9.17, 15) is 0 Å². The topological polar surface area (TPSA) is 0 Å². The number of allylic oxidation sites excluding steroid dienone is 1. The molecule has 0 aromatic heterocycles. The van der Waals surface area contributed by atoms with E-state index in [0.29, 0.717) is 0 Å². The molecule has 0 unspecified atom stereocenters. The van der Waals surface area contributed by atoms with E-state index < -0.39 is 0 Å². The van der Waals surface area contributed by atoms with E-state index in [1.807, 2.05) is 43.7 Å². The summed E-state index contributed by atoms with van der Waals surface area (Å²) in [5.74, 6) is 0.